The summed E-state index contributed by atoms with van der Waals surface area (Å²) in [6.45, 7) is 2.21. The van der Waals surface area contributed by atoms with Crippen LogP contribution in [0.1, 0.15) is 37.1 Å². The molecule has 1 heterocycles. The Morgan fingerprint density at radius 2 is 2.29 bits per heavy atom. The number of aliphatic hydroxyl groups excluding tert-OH is 1. The number of aromatic nitrogens is 1. The van der Waals surface area contributed by atoms with E-state index in [0.29, 0.717) is 12.6 Å². The number of thiazole rings is 1. The van der Waals surface area contributed by atoms with Gasteiger partial charge in [0.15, 0.2) is 5.13 Å². The Kier molecular flexibility index (Phi) is 4.12. The lowest BCUT2D eigenvalue weighted by atomic mass is 10.1. The largest absolute Gasteiger partial charge is 0.487 e. The minimum Gasteiger partial charge on any atom is -0.487 e. The van der Waals surface area contributed by atoms with Gasteiger partial charge in [0.05, 0.1) is 11.8 Å². The first-order valence-electron chi connectivity index (χ1n) is 7.21. The van der Waals surface area contributed by atoms with E-state index in [4.69, 9.17) is 4.74 Å². The van der Waals surface area contributed by atoms with Gasteiger partial charge in [-0.15, -0.1) is 11.3 Å². The average molecular weight is 304 g/mol. The molecule has 112 valence electrons. The predicted molar refractivity (Wildman–Crippen MR) is 84.9 cm³/mol. The van der Waals surface area contributed by atoms with Crippen LogP contribution < -0.4 is 9.64 Å². The summed E-state index contributed by atoms with van der Waals surface area (Å²) in [4.78, 5) is 6.87. The van der Waals surface area contributed by atoms with Gasteiger partial charge in [-0.1, -0.05) is 12.1 Å². The number of hydrogen-bond donors (Lipinski definition) is 1. The highest BCUT2D eigenvalue weighted by molar-refractivity contribution is 7.13. The standard InChI is InChI=1S/C16H20N2O2S/c1-11(19)12-4-3-5-15(8-12)20-9-13-10-21-16(17-13)18(2)14-6-7-14/h3-5,8,10-11,14,19H,6-7,9H2,1-2H3. The summed E-state index contributed by atoms with van der Waals surface area (Å²) in [5, 5.41) is 12.7. The van der Waals surface area contributed by atoms with Gasteiger partial charge >= 0.3 is 0 Å². The van der Waals surface area contributed by atoms with Gasteiger partial charge in [0.25, 0.3) is 0 Å². The molecule has 1 aliphatic rings. The van der Waals surface area contributed by atoms with Crippen LogP contribution in [0.5, 0.6) is 5.75 Å². The van der Waals surface area contributed by atoms with E-state index in [0.717, 1.165) is 22.1 Å². The van der Waals surface area contributed by atoms with E-state index >= 15 is 0 Å². The highest BCUT2D eigenvalue weighted by Gasteiger charge is 2.27. The molecule has 0 saturated heterocycles. The molecule has 2 aromatic rings. The lowest BCUT2D eigenvalue weighted by molar-refractivity contribution is 0.198. The predicted octanol–water partition coefficient (Wildman–Crippen LogP) is 3.37. The molecule has 1 unspecified atom stereocenters. The third kappa shape index (κ3) is 3.54. The third-order valence-electron chi connectivity index (χ3n) is 3.66. The van der Waals surface area contributed by atoms with Crippen LogP contribution in [0.2, 0.25) is 0 Å². The fraction of sp³-hybridized carbons (Fsp3) is 0.438. The van der Waals surface area contributed by atoms with Gasteiger partial charge in [-0.05, 0) is 37.5 Å². The van der Waals surface area contributed by atoms with Crippen molar-refractivity contribution in [3.8, 4) is 5.75 Å². The van der Waals surface area contributed by atoms with Crippen LogP contribution in [-0.2, 0) is 6.61 Å². The van der Waals surface area contributed by atoms with Gasteiger partial charge in [-0.2, -0.15) is 0 Å². The van der Waals surface area contributed by atoms with Crippen molar-refractivity contribution in [1.29, 1.82) is 0 Å². The number of aliphatic hydroxyl groups is 1. The normalized spacial score (nSPS) is 15.8. The monoisotopic (exact) mass is 304 g/mol. The summed E-state index contributed by atoms with van der Waals surface area (Å²) in [5.41, 5.74) is 1.81. The van der Waals surface area contributed by atoms with E-state index in [9.17, 15) is 5.11 Å². The molecule has 3 rings (SSSR count). The molecule has 0 aliphatic heterocycles. The number of hydrogen-bond acceptors (Lipinski definition) is 5. The van der Waals surface area contributed by atoms with Crippen molar-refractivity contribution in [2.75, 3.05) is 11.9 Å². The summed E-state index contributed by atoms with van der Waals surface area (Å²) in [7, 11) is 2.10. The van der Waals surface area contributed by atoms with Crippen LogP contribution in [0.4, 0.5) is 5.13 Å². The molecule has 4 nitrogen and oxygen atoms in total. The maximum Gasteiger partial charge on any atom is 0.185 e. The molecule has 1 N–H and O–H groups in total. The molecule has 5 heteroatoms. The second kappa shape index (κ2) is 6.03. The number of ether oxygens (including phenoxy) is 1. The minimum atomic E-state index is -0.480. The van der Waals surface area contributed by atoms with Gasteiger partial charge in [-0.25, -0.2) is 4.98 Å². The second-order valence-electron chi connectivity index (χ2n) is 5.50. The average Bonchev–Trinajstić information content (AvgIpc) is 3.23. The topological polar surface area (TPSA) is 45.6 Å². The lowest BCUT2D eigenvalue weighted by Gasteiger charge is -2.13. The quantitative estimate of drug-likeness (QED) is 0.888. The smallest absolute Gasteiger partial charge is 0.185 e. The van der Waals surface area contributed by atoms with Gasteiger partial charge in [0.1, 0.15) is 12.4 Å². The first-order chi connectivity index (χ1) is 10.1. The molecular formula is C16H20N2O2S. The van der Waals surface area contributed by atoms with Crippen LogP contribution in [0, 0.1) is 0 Å². The molecule has 1 atom stereocenters. The fourth-order valence-corrected chi connectivity index (χ4v) is 3.01. The molecule has 0 bridgehead atoms. The molecule has 1 aromatic carbocycles. The minimum absolute atomic E-state index is 0.457. The summed E-state index contributed by atoms with van der Waals surface area (Å²) >= 11 is 1.66. The second-order valence-corrected chi connectivity index (χ2v) is 6.34. The van der Waals surface area contributed by atoms with E-state index in [1.54, 1.807) is 18.3 Å². The van der Waals surface area contributed by atoms with Crippen LogP contribution >= 0.6 is 11.3 Å². The van der Waals surface area contributed by atoms with E-state index in [-0.39, 0.29) is 0 Å². The van der Waals surface area contributed by atoms with Crippen LogP contribution in [0.25, 0.3) is 0 Å². The molecule has 1 saturated carbocycles. The van der Waals surface area contributed by atoms with Gasteiger partial charge in [0, 0.05) is 18.5 Å². The zero-order chi connectivity index (χ0) is 14.8. The van der Waals surface area contributed by atoms with Gasteiger partial charge in [0.2, 0.25) is 0 Å². The number of nitrogens with zero attached hydrogens (tertiary/aromatic N) is 2. The molecule has 1 aliphatic carbocycles. The van der Waals surface area contributed by atoms with Gasteiger partial charge in [-0.3, -0.25) is 0 Å². The van der Waals surface area contributed by atoms with Crippen LogP contribution in [0.3, 0.4) is 0 Å². The first kappa shape index (κ1) is 14.4. The van der Waals surface area contributed by atoms with Crippen molar-refractivity contribution in [3.63, 3.8) is 0 Å². The van der Waals surface area contributed by atoms with E-state index in [2.05, 4.69) is 16.9 Å². The third-order valence-corrected chi connectivity index (χ3v) is 4.64. The molecule has 1 fully saturated rings. The Bertz CT molecular complexity index is 608. The summed E-state index contributed by atoms with van der Waals surface area (Å²) in [6, 6.07) is 8.23. The van der Waals surface area contributed by atoms with E-state index in [1.165, 1.54) is 12.8 Å². The molecule has 0 radical (unpaired) electrons. The van der Waals surface area contributed by atoms with Crippen molar-refractivity contribution in [2.24, 2.45) is 0 Å². The van der Waals surface area contributed by atoms with Crippen molar-refractivity contribution < 1.29 is 9.84 Å². The van der Waals surface area contributed by atoms with Crippen LogP contribution in [-0.4, -0.2) is 23.2 Å². The molecule has 1 aromatic heterocycles. The Balaban J connectivity index is 1.61. The van der Waals surface area contributed by atoms with Gasteiger partial charge < -0.3 is 14.7 Å². The maximum atomic E-state index is 9.58. The SMILES string of the molecule is CC(O)c1cccc(OCc2csc(N(C)C3CC3)n2)c1. The van der Waals surface area contributed by atoms with Crippen molar-refractivity contribution >= 4 is 16.5 Å². The zero-order valence-electron chi connectivity index (χ0n) is 12.3. The van der Waals surface area contributed by atoms with Crippen molar-refractivity contribution in [3.05, 3.63) is 40.9 Å². The van der Waals surface area contributed by atoms with Crippen LogP contribution in [0.15, 0.2) is 29.6 Å². The van der Waals surface area contributed by atoms with E-state index < -0.39 is 6.10 Å². The summed E-state index contributed by atoms with van der Waals surface area (Å²) < 4.78 is 5.77. The fourth-order valence-electron chi connectivity index (χ4n) is 2.16. The molecule has 0 amide bonds. The van der Waals surface area contributed by atoms with Crippen molar-refractivity contribution in [2.45, 2.75) is 38.5 Å². The lowest BCUT2D eigenvalue weighted by Crippen LogP contribution is -2.19. The number of benzene rings is 1. The number of rotatable bonds is 6. The number of anilines is 1. The molecule has 21 heavy (non-hydrogen) atoms. The first-order valence-corrected chi connectivity index (χ1v) is 8.09. The highest BCUT2D eigenvalue weighted by atomic mass is 32.1. The zero-order valence-corrected chi connectivity index (χ0v) is 13.1. The van der Waals surface area contributed by atoms with E-state index in [1.807, 2.05) is 29.6 Å². The maximum absolute atomic E-state index is 9.58. The Morgan fingerprint density at radius 3 is 3.00 bits per heavy atom. The Hall–Kier alpha value is -1.59. The molecule has 0 spiro atoms. The Labute approximate surface area is 129 Å². The van der Waals surface area contributed by atoms with Crippen molar-refractivity contribution in [1.82, 2.24) is 4.98 Å². The Morgan fingerprint density at radius 1 is 1.48 bits per heavy atom. The summed E-state index contributed by atoms with van der Waals surface area (Å²) in [6.07, 6.45) is 2.06. The molecular weight excluding hydrogens is 284 g/mol. The summed E-state index contributed by atoms with van der Waals surface area (Å²) in [5.74, 6) is 0.762. The highest BCUT2D eigenvalue weighted by Crippen LogP contribution is 2.32.